The molecule has 0 bridgehead atoms. The second-order valence-corrected chi connectivity index (χ2v) is 4.14. The van der Waals surface area contributed by atoms with Gasteiger partial charge in [0.2, 0.25) is 0 Å². The van der Waals surface area contributed by atoms with Crippen molar-refractivity contribution in [1.29, 1.82) is 0 Å². The van der Waals surface area contributed by atoms with Crippen molar-refractivity contribution in [2.24, 2.45) is 0 Å². The summed E-state index contributed by atoms with van der Waals surface area (Å²) >= 11 is 3.35. The summed E-state index contributed by atoms with van der Waals surface area (Å²) in [6.45, 7) is 0.512. The monoisotopic (exact) mass is 286 g/mol. The number of methoxy groups -OCH3 is 1. The number of nitrogens with one attached hydrogen (secondary N) is 1. The molecule has 1 N–H and O–H groups in total. The normalized spacial score (nSPS) is 12.1. The average molecular weight is 287 g/mol. The van der Waals surface area contributed by atoms with Gasteiger partial charge in [-0.3, -0.25) is 9.78 Å². The molecule has 1 rings (SSSR count). The number of halogens is 1. The third-order valence-electron chi connectivity index (χ3n) is 2.08. The van der Waals surface area contributed by atoms with Gasteiger partial charge in [-0.2, -0.15) is 0 Å². The molecule has 0 aliphatic rings. The number of amides is 1. The van der Waals surface area contributed by atoms with Gasteiger partial charge in [-0.25, -0.2) is 0 Å². The van der Waals surface area contributed by atoms with Crippen molar-refractivity contribution in [3.8, 4) is 0 Å². The van der Waals surface area contributed by atoms with Crippen LogP contribution in [0.2, 0.25) is 0 Å². The summed E-state index contributed by atoms with van der Waals surface area (Å²) in [4.78, 5) is 15.7. The largest absolute Gasteiger partial charge is 0.383 e. The first kappa shape index (κ1) is 13.1. The number of rotatable bonds is 6. The fourth-order valence-corrected chi connectivity index (χ4v) is 1.85. The van der Waals surface area contributed by atoms with Crippen LogP contribution in [0.5, 0.6) is 0 Å². The van der Waals surface area contributed by atoms with Crippen LogP contribution >= 0.6 is 15.9 Å². The van der Waals surface area contributed by atoms with Gasteiger partial charge in [0.05, 0.1) is 18.2 Å². The second-order valence-electron chi connectivity index (χ2n) is 3.35. The summed E-state index contributed by atoms with van der Waals surface area (Å²) in [5.41, 5.74) is 0.568. The number of nitrogens with zero attached hydrogens (tertiary/aromatic N) is 1. The number of pyridine rings is 1. The first-order valence-corrected chi connectivity index (χ1v) is 6.16. The highest BCUT2D eigenvalue weighted by molar-refractivity contribution is 9.09. The predicted octanol–water partition coefficient (Wildman–Crippen LogP) is 1.61. The molecule has 0 radical (unpaired) electrons. The summed E-state index contributed by atoms with van der Waals surface area (Å²) in [6.07, 6.45) is 4.02. The van der Waals surface area contributed by atoms with Crippen molar-refractivity contribution in [3.05, 3.63) is 30.1 Å². The average Bonchev–Trinajstić information content (AvgIpc) is 2.31. The SMILES string of the molecule is COCC(CCBr)NC(=O)c1cccnc1. The molecule has 4 nitrogen and oxygen atoms in total. The van der Waals surface area contributed by atoms with Crippen LogP contribution in [0.4, 0.5) is 0 Å². The molecule has 1 heterocycles. The van der Waals surface area contributed by atoms with Gasteiger partial charge in [0.25, 0.3) is 5.91 Å². The Morgan fingerprint density at radius 3 is 3.06 bits per heavy atom. The fraction of sp³-hybridized carbons (Fsp3) is 0.455. The van der Waals surface area contributed by atoms with E-state index in [4.69, 9.17) is 4.74 Å². The molecule has 0 aliphatic carbocycles. The zero-order valence-corrected chi connectivity index (χ0v) is 10.7. The van der Waals surface area contributed by atoms with Crippen molar-refractivity contribution in [2.45, 2.75) is 12.5 Å². The molecule has 88 valence electrons. The third kappa shape index (κ3) is 4.28. The van der Waals surface area contributed by atoms with Crippen molar-refractivity contribution >= 4 is 21.8 Å². The fourth-order valence-electron chi connectivity index (χ4n) is 1.30. The molecule has 0 aliphatic heterocycles. The van der Waals surface area contributed by atoms with E-state index in [2.05, 4.69) is 26.2 Å². The van der Waals surface area contributed by atoms with Crippen LogP contribution in [-0.4, -0.2) is 36.0 Å². The summed E-state index contributed by atoms with van der Waals surface area (Å²) < 4.78 is 5.04. The lowest BCUT2D eigenvalue weighted by atomic mass is 10.2. The minimum atomic E-state index is -0.115. The van der Waals surface area contributed by atoms with Gasteiger partial charge in [-0.05, 0) is 18.6 Å². The lowest BCUT2D eigenvalue weighted by molar-refractivity contribution is 0.0895. The summed E-state index contributed by atoms with van der Waals surface area (Å²) in [6, 6.07) is 3.50. The Kier molecular flexibility index (Phi) is 6.03. The number of carbonyl (C=O) groups excluding carboxylic acids is 1. The van der Waals surface area contributed by atoms with Gasteiger partial charge < -0.3 is 10.1 Å². The Balaban J connectivity index is 2.54. The van der Waals surface area contributed by atoms with Crippen molar-refractivity contribution < 1.29 is 9.53 Å². The molecular weight excluding hydrogens is 272 g/mol. The highest BCUT2D eigenvalue weighted by atomic mass is 79.9. The Labute approximate surface area is 104 Å². The Morgan fingerprint density at radius 1 is 1.69 bits per heavy atom. The van der Waals surface area contributed by atoms with Crippen LogP contribution in [-0.2, 0) is 4.74 Å². The summed E-state index contributed by atoms with van der Waals surface area (Å²) in [7, 11) is 1.62. The molecule has 0 aromatic carbocycles. The van der Waals surface area contributed by atoms with Gasteiger partial charge in [0.15, 0.2) is 0 Å². The van der Waals surface area contributed by atoms with Gasteiger partial charge in [-0.15, -0.1) is 0 Å². The van der Waals surface area contributed by atoms with Crippen LogP contribution in [0, 0.1) is 0 Å². The predicted molar refractivity (Wildman–Crippen MR) is 65.8 cm³/mol. The molecule has 0 saturated carbocycles. The topological polar surface area (TPSA) is 51.2 Å². The molecule has 1 amide bonds. The van der Waals surface area contributed by atoms with E-state index < -0.39 is 0 Å². The maximum Gasteiger partial charge on any atom is 0.253 e. The highest BCUT2D eigenvalue weighted by Gasteiger charge is 2.12. The van der Waals surface area contributed by atoms with Gasteiger partial charge in [-0.1, -0.05) is 15.9 Å². The second kappa shape index (κ2) is 7.35. The Morgan fingerprint density at radius 2 is 2.50 bits per heavy atom. The molecular formula is C11H15BrN2O2. The van der Waals surface area contributed by atoms with Crippen molar-refractivity contribution in [2.75, 3.05) is 19.0 Å². The molecule has 1 aromatic heterocycles. The number of carbonyl (C=O) groups is 1. The van der Waals surface area contributed by atoms with Crippen LogP contribution in [0.25, 0.3) is 0 Å². The van der Waals surface area contributed by atoms with Crippen LogP contribution in [0.1, 0.15) is 16.8 Å². The standard InChI is InChI=1S/C11H15BrN2O2/c1-16-8-10(4-5-12)14-11(15)9-3-2-6-13-7-9/h2-3,6-7,10H,4-5,8H2,1H3,(H,14,15). The number of ether oxygens (including phenoxy) is 1. The van der Waals surface area contributed by atoms with E-state index in [-0.39, 0.29) is 11.9 Å². The minimum absolute atomic E-state index is 0.0251. The zero-order valence-electron chi connectivity index (χ0n) is 9.15. The molecule has 1 aromatic rings. The van der Waals surface area contributed by atoms with Gasteiger partial charge in [0.1, 0.15) is 0 Å². The van der Waals surface area contributed by atoms with Crippen LogP contribution in [0.3, 0.4) is 0 Å². The van der Waals surface area contributed by atoms with E-state index in [9.17, 15) is 4.79 Å². The molecule has 0 fully saturated rings. The van der Waals surface area contributed by atoms with Gasteiger partial charge in [0, 0.05) is 24.8 Å². The van der Waals surface area contributed by atoms with E-state index in [0.717, 1.165) is 11.8 Å². The Hall–Kier alpha value is -0.940. The van der Waals surface area contributed by atoms with E-state index in [1.807, 2.05) is 0 Å². The number of alkyl halides is 1. The molecule has 16 heavy (non-hydrogen) atoms. The van der Waals surface area contributed by atoms with Crippen molar-refractivity contribution in [1.82, 2.24) is 10.3 Å². The quantitative estimate of drug-likeness (QED) is 0.809. The smallest absolute Gasteiger partial charge is 0.253 e. The highest BCUT2D eigenvalue weighted by Crippen LogP contribution is 2.01. The Bertz CT molecular complexity index is 313. The first-order chi connectivity index (χ1) is 7.77. The van der Waals surface area contributed by atoms with E-state index in [1.54, 1.807) is 31.6 Å². The van der Waals surface area contributed by atoms with Crippen LogP contribution in [0.15, 0.2) is 24.5 Å². The minimum Gasteiger partial charge on any atom is -0.383 e. The lowest BCUT2D eigenvalue weighted by Crippen LogP contribution is -2.38. The summed E-state index contributed by atoms with van der Waals surface area (Å²) in [5.74, 6) is -0.115. The number of aromatic nitrogens is 1. The third-order valence-corrected chi connectivity index (χ3v) is 2.54. The van der Waals surface area contributed by atoms with Gasteiger partial charge >= 0.3 is 0 Å². The first-order valence-electron chi connectivity index (χ1n) is 5.03. The van der Waals surface area contributed by atoms with E-state index in [1.165, 1.54) is 0 Å². The molecule has 1 unspecified atom stereocenters. The zero-order chi connectivity index (χ0) is 11.8. The maximum absolute atomic E-state index is 11.8. The van der Waals surface area contributed by atoms with E-state index in [0.29, 0.717) is 12.2 Å². The molecule has 0 saturated heterocycles. The summed E-state index contributed by atoms with van der Waals surface area (Å²) in [5, 5.41) is 3.73. The van der Waals surface area contributed by atoms with Crippen LogP contribution < -0.4 is 5.32 Å². The number of hydrogen-bond acceptors (Lipinski definition) is 3. The molecule has 0 spiro atoms. The maximum atomic E-state index is 11.8. The molecule has 5 heteroatoms. The lowest BCUT2D eigenvalue weighted by Gasteiger charge is -2.16. The van der Waals surface area contributed by atoms with E-state index >= 15 is 0 Å². The number of hydrogen-bond donors (Lipinski definition) is 1. The molecule has 1 atom stereocenters. The van der Waals surface area contributed by atoms with Crippen molar-refractivity contribution in [3.63, 3.8) is 0 Å².